The molecule has 0 unspecified atom stereocenters. The Kier molecular flexibility index (Phi) is 4.99. The second-order valence-corrected chi connectivity index (χ2v) is 8.21. The number of carbonyl (C=O) groups excluding carboxylic acids is 2. The lowest BCUT2D eigenvalue weighted by molar-refractivity contribution is 0.0914. The molecule has 3 rings (SSSR count). The molecule has 0 fully saturated rings. The Labute approximate surface area is 166 Å². The van der Waals surface area contributed by atoms with Gasteiger partial charge in [0.15, 0.2) is 5.82 Å². The molecule has 0 bridgehead atoms. The summed E-state index contributed by atoms with van der Waals surface area (Å²) in [5.41, 5.74) is 2.26. The highest BCUT2D eigenvalue weighted by molar-refractivity contribution is 6.35. The van der Waals surface area contributed by atoms with Gasteiger partial charge in [0.25, 0.3) is 11.8 Å². The fourth-order valence-electron chi connectivity index (χ4n) is 3.40. The lowest BCUT2D eigenvalue weighted by Gasteiger charge is -2.23. The van der Waals surface area contributed by atoms with Crippen molar-refractivity contribution in [2.24, 2.45) is 7.05 Å². The molecular weight excluding hydrogens is 392 g/mol. The molecule has 27 heavy (non-hydrogen) atoms. The van der Waals surface area contributed by atoms with Crippen LogP contribution in [0.5, 0.6) is 0 Å². The molecular formula is C19H20Cl2FN3O2. The summed E-state index contributed by atoms with van der Waals surface area (Å²) in [5.74, 6) is -1.33. The van der Waals surface area contributed by atoms with Crippen molar-refractivity contribution < 1.29 is 14.0 Å². The molecule has 2 heterocycles. The molecule has 0 radical (unpaired) electrons. The van der Waals surface area contributed by atoms with Crippen molar-refractivity contribution >= 4 is 40.7 Å². The van der Waals surface area contributed by atoms with E-state index in [1.807, 2.05) is 13.8 Å². The van der Waals surface area contributed by atoms with Crippen molar-refractivity contribution in [3.8, 4) is 0 Å². The summed E-state index contributed by atoms with van der Waals surface area (Å²) < 4.78 is 15.3. The van der Waals surface area contributed by atoms with Gasteiger partial charge >= 0.3 is 0 Å². The van der Waals surface area contributed by atoms with Crippen LogP contribution in [0, 0.1) is 12.7 Å². The number of fused-ring (bicyclic) bond motifs is 1. The van der Waals surface area contributed by atoms with Crippen LogP contribution in [0.2, 0.25) is 10.0 Å². The summed E-state index contributed by atoms with van der Waals surface area (Å²) in [5, 5.41) is 5.35. The molecule has 1 aliphatic rings. The second kappa shape index (κ2) is 6.84. The zero-order chi connectivity index (χ0) is 20.1. The summed E-state index contributed by atoms with van der Waals surface area (Å²) in [6.07, 6.45) is 1.28. The number of benzene rings is 1. The number of nitrogens with zero attached hydrogens (tertiary/aromatic N) is 1. The molecule has 2 amide bonds. The Morgan fingerprint density at radius 3 is 2.48 bits per heavy atom. The number of hydrogen-bond acceptors (Lipinski definition) is 2. The fourth-order valence-corrected chi connectivity index (χ4v) is 3.88. The van der Waals surface area contributed by atoms with Crippen LogP contribution in [0.3, 0.4) is 0 Å². The summed E-state index contributed by atoms with van der Waals surface area (Å²) in [4.78, 5) is 25.6. The van der Waals surface area contributed by atoms with Crippen molar-refractivity contribution in [1.82, 2.24) is 9.88 Å². The van der Waals surface area contributed by atoms with E-state index in [1.165, 1.54) is 12.1 Å². The summed E-state index contributed by atoms with van der Waals surface area (Å²) in [6, 6.07) is 2.59. The minimum atomic E-state index is -0.737. The van der Waals surface area contributed by atoms with Gasteiger partial charge in [0.1, 0.15) is 5.69 Å². The third kappa shape index (κ3) is 3.56. The number of nitrogens with one attached hydrogen (secondary N) is 2. The quantitative estimate of drug-likeness (QED) is 0.715. The monoisotopic (exact) mass is 411 g/mol. The smallest absolute Gasteiger partial charge is 0.272 e. The van der Waals surface area contributed by atoms with Gasteiger partial charge in [0, 0.05) is 24.0 Å². The first kappa shape index (κ1) is 19.7. The van der Waals surface area contributed by atoms with Crippen LogP contribution in [-0.2, 0) is 13.5 Å². The van der Waals surface area contributed by atoms with Gasteiger partial charge in [-0.05, 0) is 51.3 Å². The SMILES string of the molecule is Cc1c2c(c(C(=O)Nc3cc(Cl)c(F)c(Cl)c3)n1C)CCC(C)(C)NC2=O. The molecule has 2 N–H and O–H groups in total. The average molecular weight is 412 g/mol. The van der Waals surface area contributed by atoms with E-state index >= 15 is 0 Å². The van der Waals surface area contributed by atoms with Gasteiger partial charge in [-0.3, -0.25) is 9.59 Å². The predicted molar refractivity (Wildman–Crippen MR) is 104 cm³/mol. The molecule has 0 atom stereocenters. The summed E-state index contributed by atoms with van der Waals surface area (Å²) >= 11 is 11.6. The number of halogens is 3. The Morgan fingerprint density at radius 2 is 1.89 bits per heavy atom. The van der Waals surface area contributed by atoms with Gasteiger partial charge < -0.3 is 15.2 Å². The van der Waals surface area contributed by atoms with E-state index in [2.05, 4.69) is 10.6 Å². The largest absolute Gasteiger partial charge is 0.347 e. The second-order valence-electron chi connectivity index (χ2n) is 7.39. The maximum atomic E-state index is 13.6. The number of carbonyl (C=O) groups is 2. The van der Waals surface area contributed by atoms with Crippen molar-refractivity contribution in [2.75, 3.05) is 5.32 Å². The molecule has 0 spiro atoms. The van der Waals surface area contributed by atoms with E-state index in [0.717, 1.165) is 0 Å². The van der Waals surface area contributed by atoms with E-state index in [-0.39, 0.29) is 27.2 Å². The first-order valence-corrected chi connectivity index (χ1v) is 9.24. The Balaban J connectivity index is 2.02. The highest BCUT2D eigenvalue weighted by Crippen LogP contribution is 2.31. The minimum Gasteiger partial charge on any atom is -0.347 e. The molecule has 144 valence electrons. The molecule has 0 saturated heterocycles. The van der Waals surface area contributed by atoms with Crippen LogP contribution in [0.4, 0.5) is 10.1 Å². The molecule has 2 aromatic rings. The average Bonchev–Trinajstić information content (AvgIpc) is 2.74. The first-order valence-electron chi connectivity index (χ1n) is 8.48. The highest BCUT2D eigenvalue weighted by Gasteiger charge is 2.34. The Bertz CT molecular complexity index is 943. The van der Waals surface area contributed by atoms with Gasteiger partial charge in [-0.25, -0.2) is 4.39 Å². The van der Waals surface area contributed by atoms with Crippen LogP contribution >= 0.6 is 23.2 Å². The fraction of sp³-hybridized carbons (Fsp3) is 0.368. The van der Waals surface area contributed by atoms with E-state index in [9.17, 15) is 14.0 Å². The molecule has 0 aliphatic carbocycles. The molecule has 8 heteroatoms. The number of hydrogen-bond donors (Lipinski definition) is 2. The normalized spacial score (nSPS) is 15.7. The third-order valence-electron chi connectivity index (χ3n) is 4.92. The van der Waals surface area contributed by atoms with E-state index < -0.39 is 11.7 Å². The molecule has 1 aromatic carbocycles. The summed E-state index contributed by atoms with van der Waals surface area (Å²) in [7, 11) is 1.74. The maximum Gasteiger partial charge on any atom is 0.272 e. The van der Waals surface area contributed by atoms with E-state index in [0.29, 0.717) is 35.4 Å². The minimum absolute atomic E-state index is 0.180. The molecule has 0 saturated carbocycles. The summed E-state index contributed by atoms with van der Waals surface area (Å²) in [6.45, 7) is 5.71. The topological polar surface area (TPSA) is 63.1 Å². The number of anilines is 1. The van der Waals surface area contributed by atoms with Crippen molar-refractivity contribution in [3.63, 3.8) is 0 Å². The number of amides is 2. The van der Waals surface area contributed by atoms with Crippen LogP contribution in [-0.4, -0.2) is 21.9 Å². The van der Waals surface area contributed by atoms with Gasteiger partial charge in [-0.2, -0.15) is 0 Å². The third-order valence-corrected chi connectivity index (χ3v) is 5.47. The Hall–Kier alpha value is -2.05. The Morgan fingerprint density at radius 1 is 1.30 bits per heavy atom. The zero-order valence-electron chi connectivity index (χ0n) is 15.5. The van der Waals surface area contributed by atoms with Crippen molar-refractivity contribution in [3.05, 3.63) is 50.5 Å². The maximum absolute atomic E-state index is 13.6. The molecule has 1 aromatic heterocycles. The van der Waals surface area contributed by atoms with Gasteiger partial charge in [-0.1, -0.05) is 23.2 Å². The van der Waals surface area contributed by atoms with Gasteiger partial charge in [0.05, 0.1) is 15.6 Å². The predicted octanol–water partition coefficient (Wildman–Crippen LogP) is 4.49. The molecule has 1 aliphatic heterocycles. The molecule has 5 nitrogen and oxygen atoms in total. The van der Waals surface area contributed by atoms with Gasteiger partial charge in [0.2, 0.25) is 0 Å². The first-order chi connectivity index (χ1) is 12.5. The van der Waals surface area contributed by atoms with Crippen molar-refractivity contribution in [2.45, 2.75) is 39.2 Å². The van der Waals surface area contributed by atoms with Crippen LogP contribution < -0.4 is 10.6 Å². The zero-order valence-corrected chi connectivity index (χ0v) is 17.0. The lowest BCUT2D eigenvalue weighted by atomic mass is 9.96. The standard InChI is InChI=1S/C19H20Cl2FN3O2/c1-9-14-11(5-6-19(2,3)24-17(14)26)16(25(9)4)18(27)23-10-7-12(20)15(22)13(21)8-10/h7-8H,5-6H2,1-4H3,(H,23,27)(H,24,26). The van der Waals surface area contributed by atoms with Gasteiger partial charge in [-0.15, -0.1) is 0 Å². The van der Waals surface area contributed by atoms with Crippen LogP contribution in [0.1, 0.15) is 52.4 Å². The number of aromatic nitrogens is 1. The lowest BCUT2D eigenvalue weighted by Crippen LogP contribution is -2.42. The van der Waals surface area contributed by atoms with Crippen LogP contribution in [0.25, 0.3) is 0 Å². The van der Waals surface area contributed by atoms with E-state index in [4.69, 9.17) is 23.2 Å². The van der Waals surface area contributed by atoms with Crippen LogP contribution in [0.15, 0.2) is 12.1 Å². The number of rotatable bonds is 2. The van der Waals surface area contributed by atoms with Crippen molar-refractivity contribution in [1.29, 1.82) is 0 Å². The highest BCUT2D eigenvalue weighted by atomic mass is 35.5. The van der Waals surface area contributed by atoms with E-state index in [1.54, 1.807) is 18.5 Å².